The second-order valence-electron chi connectivity index (χ2n) is 19.1. The van der Waals surface area contributed by atoms with Gasteiger partial charge in [-0.25, -0.2) is 17.3 Å². The number of alkyl halides is 26. The Balaban J connectivity index is 2.46. The fourth-order valence-corrected chi connectivity index (χ4v) is 11.6. The van der Waals surface area contributed by atoms with Gasteiger partial charge in [-0.3, -0.25) is 9.59 Å². The van der Waals surface area contributed by atoms with E-state index in [0.29, 0.717) is 62.7 Å². The number of hydrogen-bond donors (Lipinski definition) is 0. The molecule has 0 spiro atoms. The Bertz CT molecular complexity index is 2870. The van der Waals surface area contributed by atoms with Gasteiger partial charge in [-0.15, -0.1) is 34.0 Å². The van der Waals surface area contributed by atoms with Crippen molar-refractivity contribution < 1.29 is 150 Å². The summed E-state index contributed by atoms with van der Waals surface area (Å²) in [6.07, 6.45) is -14.0. The van der Waals surface area contributed by atoms with Crippen molar-refractivity contribution in [1.82, 2.24) is 0 Å². The number of thiophene rings is 3. The molecule has 0 fully saturated rings. The summed E-state index contributed by atoms with van der Waals surface area (Å²) in [7, 11) is -8.60. The highest BCUT2D eigenvalue weighted by atomic mass is 32.1. The van der Waals surface area contributed by atoms with E-state index >= 15 is 17.6 Å². The zero-order valence-corrected chi connectivity index (χ0v) is 46.8. The third kappa shape index (κ3) is 15.3. The monoisotopic (exact) mass is 1370 g/mol. The number of rotatable bonds is 35. The van der Waals surface area contributed by atoms with Gasteiger partial charge in [0.05, 0.1) is 9.75 Å². The number of halogens is 30. The van der Waals surface area contributed by atoms with E-state index in [9.17, 15) is 123 Å². The van der Waals surface area contributed by atoms with Gasteiger partial charge in [-0.2, -0.15) is 114 Å². The van der Waals surface area contributed by atoms with Gasteiger partial charge in [-0.05, 0) is 73.4 Å². The highest BCUT2D eigenvalue weighted by molar-refractivity contribution is 7.27. The Morgan fingerprint density at radius 2 is 0.701 bits per heavy atom. The van der Waals surface area contributed by atoms with Crippen LogP contribution in [0.2, 0.25) is 0 Å². The summed E-state index contributed by atoms with van der Waals surface area (Å²) in [5.41, 5.74) is -0.229. The Hall–Kier alpha value is -4.45. The zero-order valence-electron chi connectivity index (χ0n) is 44.3. The largest absolute Gasteiger partial charge is 0.796 e. The molecule has 0 saturated carbocycles. The van der Waals surface area contributed by atoms with Crippen LogP contribution in [0.1, 0.15) is 124 Å². The number of aryl methyl sites for hydroxylation is 3. The minimum atomic E-state index is -8.48. The minimum Gasteiger partial charge on any atom is -0.504 e. The molecule has 0 bridgehead atoms. The van der Waals surface area contributed by atoms with Crippen LogP contribution in [0, 0.1) is 0 Å². The maximum absolute atomic E-state index is 15.2. The molecule has 39 heteroatoms. The molecule has 87 heavy (non-hydrogen) atoms. The highest BCUT2D eigenvalue weighted by Crippen LogP contribution is 2.63. The summed E-state index contributed by atoms with van der Waals surface area (Å²) >= 11 is 0.897. The van der Waals surface area contributed by atoms with Crippen molar-refractivity contribution in [1.29, 1.82) is 0 Å². The summed E-state index contributed by atoms with van der Waals surface area (Å²) < 4.78 is 428. The molecular formula is C48H44B2F30O4S3. The molecule has 0 aliphatic carbocycles. The normalized spacial score (nSPS) is 14.5. The topological polar surface area (TPSA) is 52.6 Å². The molecule has 0 aromatic carbocycles. The van der Waals surface area contributed by atoms with Crippen LogP contribution in [-0.4, -0.2) is 98.1 Å². The van der Waals surface area contributed by atoms with Gasteiger partial charge in [0.1, 0.15) is 11.5 Å². The van der Waals surface area contributed by atoms with Crippen LogP contribution >= 0.6 is 34.0 Å². The van der Waals surface area contributed by atoms with Crippen molar-refractivity contribution >= 4 is 72.0 Å². The van der Waals surface area contributed by atoms with Gasteiger partial charge in [-0.1, -0.05) is 78.6 Å². The molecule has 0 aliphatic heterocycles. The van der Waals surface area contributed by atoms with Crippen molar-refractivity contribution in [2.75, 3.05) is 0 Å². The lowest BCUT2D eigenvalue weighted by molar-refractivity contribution is -0.435. The lowest BCUT2D eigenvalue weighted by Crippen LogP contribution is -2.71. The Morgan fingerprint density at radius 1 is 0.391 bits per heavy atom. The van der Waals surface area contributed by atoms with Gasteiger partial charge in [0.25, 0.3) is 0 Å². The molecule has 0 unspecified atom stereocenters. The predicted molar refractivity (Wildman–Crippen MR) is 260 cm³/mol. The Kier molecular flexibility index (Phi) is 24.7. The van der Waals surface area contributed by atoms with E-state index < -0.39 is 132 Å². The van der Waals surface area contributed by atoms with Crippen molar-refractivity contribution in [3.8, 4) is 19.5 Å². The summed E-state index contributed by atoms with van der Waals surface area (Å²) in [6.45, 7) is 5.16. The fourth-order valence-electron chi connectivity index (χ4n) is 7.82. The maximum Gasteiger partial charge on any atom is 0.796 e. The lowest BCUT2D eigenvalue weighted by atomic mass is 9.92. The van der Waals surface area contributed by atoms with Crippen molar-refractivity contribution in [3.05, 3.63) is 56.8 Å². The molecule has 3 heterocycles. The SMILES string of the molecule is CCCCCCc1cc(-c2sc(-c3sc(/C(=C/C(=O)C(F)(F)C(F)(F)C(F)(F)C(F)(F)C(F)(F)C(F)(F)F)OB(F)F)cc3CCCCCC)cc2CCCCCC)sc1/C(=C\C(=O)C(F)(F)C(F)(F)C(F)(F)C(F)(F)C(F)(F)C(F)(F)F)OB(F)F. The first kappa shape index (κ1) is 76.8. The number of allylic oxidation sites excluding steroid dienone is 2. The standard InChI is InChI=1S/C48H44B2F30O4S3/c1-4-7-10-13-16-24-20-30(86-34(24)28(84-50(79)80)23-33(82)38(53,54)40(57,58)42(61,62)44(65,66)46(69,70)48(74,75)76)36-26(18-15-12-9-6-3)21-31(87-36)35-25(17-14-11-8-5-2)19-29(85-35)27(83-49(77)78)22-32(81)37(51,52)39(55,56)41(59,60)43(63,64)45(67,68)47(71,72)73/h19-23H,4-18H2,1-3H3/b27-22-,28-23+. The van der Waals surface area contributed by atoms with Crippen LogP contribution in [0.15, 0.2) is 30.4 Å². The van der Waals surface area contributed by atoms with Gasteiger partial charge in [0.2, 0.25) is 11.6 Å². The summed E-state index contributed by atoms with van der Waals surface area (Å²) in [4.78, 5) is 23.1. The lowest BCUT2D eigenvalue weighted by Gasteiger charge is -2.39. The van der Waals surface area contributed by atoms with E-state index in [2.05, 4.69) is 9.31 Å². The molecular weight excluding hydrogens is 1330 g/mol. The molecule has 0 saturated heterocycles. The van der Waals surface area contributed by atoms with Crippen LogP contribution in [0.5, 0.6) is 0 Å². The number of carbonyl (C=O) groups excluding carboxylic acids is 2. The summed E-state index contributed by atoms with van der Waals surface area (Å²) in [6, 6.07) is 3.12. The molecule has 0 radical (unpaired) electrons. The second kappa shape index (κ2) is 28.0. The number of carbonyl (C=O) groups is 2. The van der Waals surface area contributed by atoms with Crippen molar-refractivity contribution in [2.45, 2.75) is 189 Å². The number of unbranched alkanes of at least 4 members (excludes halogenated alkanes) is 9. The molecule has 4 nitrogen and oxygen atoms in total. The molecule has 3 aromatic rings. The third-order valence-electron chi connectivity index (χ3n) is 12.7. The Labute approximate surface area is 486 Å². The van der Waals surface area contributed by atoms with Gasteiger partial charge in [0, 0.05) is 31.7 Å². The average Bonchev–Trinajstić information content (AvgIpc) is 1.40. The van der Waals surface area contributed by atoms with Crippen LogP contribution in [-0.2, 0) is 38.2 Å². The molecule has 0 N–H and O–H groups in total. The zero-order chi connectivity index (χ0) is 67.3. The Morgan fingerprint density at radius 3 is 1.07 bits per heavy atom. The minimum absolute atomic E-state index is 0.000317. The smallest absolute Gasteiger partial charge is 0.504 e. The molecule has 0 atom stereocenters. The maximum atomic E-state index is 15.2. The van der Waals surface area contributed by atoms with Crippen LogP contribution < -0.4 is 0 Å². The van der Waals surface area contributed by atoms with E-state index in [-0.39, 0.29) is 104 Å². The molecule has 3 aromatic heterocycles. The number of hydrogen-bond acceptors (Lipinski definition) is 7. The molecule has 0 aliphatic rings. The first-order valence-electron chi connectivity index (χ1n) is 25.1. The predicted octanol–water partition coefficient (Wildman–Crippen LogP) is 20.8. The summed E-state index contributed by atoms with van der Waals surface area (Å²) in [5.74, 6) is -93.3. The fraction of sp³-hybridized carbons (Fsp3) is 0.625. The van der Waals surface area contributed by atoms with Gasteiger partial charge < -0.3 is 9.31 Å². The first-order valence-corrected chi connectivity index (χ1v) is 27.6. The van der Waals surface area contributed by atoms with E-state index in [4.69, 9.17) is 0 Å². The first-order chi connectivity index (χ1) is 39.4. The van der Waals surface area contributed by atoms with Crippen molar-refractivity contribution in [2.24, 2.45) is 0 Å². The van der Waals surface area contributed by atoms with E-state index in [1.807, 2.05) is 0 Å². The third-order valence-corrected chi connectivity index (χ3v) is 16.6. The van der Waals surface area contributed by atoms with E-state index in [1.165, 1.54) is 6.07 Å². The quantitative estimate of drug-likeness (QED) is 0.0194. The molecule has 3 rings (SSSR count). The van der Waals surface area contributed by atoms with Gasteiger partial charge in [0.15, 0.2) is 0 Å². The van der Waals surface area contributed by atoms with E-state index in [1.54, 1.807) is 20.8 Å². The molecule has 0 amide bonds. The molecule has 494 valence electrons. The van der Waals surface area contributed by atoms with Crippen LogP contribution in [0.3, 0.4) is 0 Å². The highest BCUT2D eigenvalue weighted by Gasteiger charge is 2.93. The van der Waals surface area contributed by atoms with E-state index in [0.717, 1.165) is 12.1 Å². The van der Waals surface area contributed by atoms with Gasteiger partial charge >= 0.3 is 86.5 Å². The number of ketones is 2. The van der Waals surface area contributed by atoms with Crippen LogP contribution in [0.25, 0.3) is 31.0 Å². The van der Waals surface area contributed by atoms with Crippen LogP contribution in [0.4, 0.5) is 131 Å². The second-order valence-corrected chi connectivity index (χ2v) is 22.2. The average molecular weight is 1370 g/mol. The summed E-state index contributed by atoms with van der Waals surface area (Å²) in [5, 5.41) is 0. The van der Waals surface area contributed by atoms with Crippen molar-refractivity contribution in [3.63, 3.8) is 0 Å².